The van der Waals surface area contributed by atoms with Gasteiger partial charge in [-0.2, -0.15) is 0 Å². The summed E-state index contributed by atoms with van der Waals surface area (Å²) in [7, 11) is -2.86. The van der Waals surface area contributed by atoms with E-state index in [0.29, 0.717) is 18.0 Å². The van der Waals surface area contributed by atoms with Gasteiger partial charge in [-0.1, -0.05) is 18.5 Å². The molecular formula is C11H15BrClNO2S. The van der Waals surface area contributed by atoms with E-state index in [0.717, 1.165) is 10.2 Å². The van der Waals surface area contributed by atoms with Crippen LogP contribution >= 0.6 is 27.5 Å². The third kappa shape index (κ3) is 5.27. The summed E-state index contributed by atoms with van der Waals surface area (Å²) in [5, 5.41) is 3.81. The van der Waals surface area contributed by atoms with Gasteiger partial charge >= 0.3 is 0 Å². The molecule has 17 heavy (non-hydrogen) atoms. The van der Waals surface area contributed by atoms with Gasteiger partial charge in [0.2, 0.25) is 0 Å². The topological polar surface area (TPSA) is 46.2 Å². The Bertz CT molecular complexity index is 476. The first-order chi connectivity index (χ1) is 7.94. The summed E-state index contributed by atoms with van der Waals surface area (Å²) in [6.07, 6.45) is 0.608. The lowest BCUT2D eigenvalue weighted by Gasteiger charge is -2.07. The predicted octanol–water partition coefficient (Wildman–Crippen LogP) is 3.34. The lowest BCUT2D eigenvalue weighted by molar-refractivity contribution is 0.595. The minimum Gasteiger partial charge on any atom is -0.385 e. The fourth-order valence-corrected chi connectivity index (χ4v) is 2.64. The number of rotatable bonds is 6. The molecule has 3 nitrogen and oxygen atoms in total. The van der Waals surface area contributed by atoms with E-state index in [9.17, 15) is 8.42 Å². The molecule has 0 aromatic heterocycles. The monoisotopic (exact) mass is 339 g/mol. The van der Waals surface area contributed by atoms with Gasteiger partial charge in [-0.3, -0.25) is 0 Å². The number of anilines is 1. The number of nitrogens with one attached hydrogen (secondary N) is 1. The molecule has 0 aliphatic rings. The molecular weight excluding hydrogens is 326 g/mol. The minimum atomic E-state index is -2.86. The molecule has 1 aromatic rings. The molecule has 0 aliphatic heterocycles. The Morgan fingerprint density at radius 1 is 1.41 bits per heavy atom. The van der Waals surface area contributed by atoms with Crippen molar-refractivity contribution in [3.63, 3.8) is 0 Å². The Morgan fingerprint density at radius 3 is 2.71 bits per heavy atom. The van der Waals surface area contributed by atoms with Gasteiger partial charge in [0.15, 0.2) is 0 Å². The highest BCUT2D eigenvalue weighted by Crippen LogP contribution is 2.25. The van der Waals surface area contributed by atoms with Crippen LogP contribution in [0.5, 0.6) is 0 Å². The van der Waals surface area contributed by atoms with Gasteiger partial charge in [-0.05, 0) is 40.5 Å². The Labute approximate surface area is 116 Å². The van der Waals surface area contributed by atoms with Crippen LogP contribution in [0.3, 0.4) is 0 Å². The Morgan fingerprint density at radius 2 is 2.12 bits per heavy atom. The highest BCUT2D eigenvalue weighted by Gasteiger charge is 2.06. The smallest absolute Gasteiger partial charge is 0.150 e. The molecule has 0 radical (unpaired) electrons. The molecule has 0 saturated heterocycles. The number of hydrogen-bond acceptors (Lipinski definition) is 3. The average molecular weight is 341 g/mol. The third-order valence-corrected chi connectivity index (χ3v) is 5.32. The zero-order valence-corrected chi connectivity index (χ0v) is 12.7. The van der Waals surface area contributed by atoms with Crippen LogP contribution in [0.15, 0.2) is 22.7 Å². The van der Waals surface area contributed by atoms with Crippen LogP contribution < -0.4 is 5.32 Å². The van der Waals surface area contributed by atoms with E-state index in [1.807, 2.05) is 12.1 Å². The predicted molar refractivity (Wildman–Crippen MR) is 76.6 cm³/mol. The Balaban J connectivity index is 2.39. The second kappa shape index (κ2) is 6.61. The summed E-state index contributed by atoms with van der Waals surface area (Å²) in [5.74, 6) is 0.435. The Hall–Kier alpha value is -0.260. The molecule has 1 aromatic carbocycles. The average Bonchev–Trinajstić information content (AvgIpc) is 2.29. The summed E-state index contributed by atoms with van der Waals surface area (Å²) in [6.45, 7) is 2.30. The van der Waals surface area contributed by atoms with Gasteiger partial charge in [0, 0.05) is 22.5 Å². The van der Waals surface area contributed by atoms with E-state index in [1.165, 1.54) is 0 Å². The maximum absolute atomic E-state index is 11.3. The van der Waals surface area contributed by atoms with Crippen molar-refractivity contribution in [1.29, 1.82) is 0 Å². The molecule has 0 aliphatic carbocycles. The molecule has 0 saturated carbocycles. The second-order valence-electron chi connectivity index (χ2n) is 3.65. The minimum absolute atomic E-state index is 0.208. The van der Waals surface area contributed by atoms with Gasteiger partial charge < -0.3 is 5.32 Å². The molecule has 0 spiro atoms. The van der Waals surface area contributed by atoms with Crippen LogP contribution in [0.4, 0.5) is 5.69 Å². The molecule has 0 fully saturated rings. The van der Waals surface area contributed by atoms with Gasteiger partial charge in [-0.15, -0.1) is 0 Å². The zero-order valence-electron chi connectivity index (χ0n) is 9.54. The zero-order chi connectivity index (χ0) is 12.9. The molecule has 96 valence electrons. The van der Waals surface area contributed by atoms with Crippen LogP contribution in [-0.2, 0) is 9.84 Å². The quantitative estimate of drug-likeness (QED) is 0.808. The maximum Gasteiger partial charge on any atom is 0.150 e. The van der Waals surface area contributed by atoms with Gasteiger partial charge in [-0.25, -0.2) is 8.42 Å². The first-order valence-corrected chi connectivity index (χ1v) is 8.33. The summed E-state index contributed by atoms with van der Waals surface area (Å²) in [5.41, 5.74) is 0.926. The van der Waals surface area contributed by atoms with E-state index in [4.69, 9.17) is 11.6 Å². The van der Waals surface area contributed by atoms with Crippen LogP contribution in [0.2, 0.25) is 5.02 Å². The summed E-state index contributed by atoms with van der Waals surface area (Å²) in [4.78, 5) is 0. The Kier molecular flexibility index (Phi) is 5.76. The van der Waals surface area contributed by atoms with Crippen molar-refractivity contribution in [1.82, 2.24) is 0 Å². The molecule has 0 amide bonds. The number of halogens is 2. The molecule has 0 atom stereocenters. The highest BCUT2D eigenvalue weighted by atomic mass is 79.9. The van der Waals surface area contributed by atoms with Crippen molar-refractivity contribution < 1.29 is 8.42 Å². The molecule has 0 bridgehead atoms. The van der Waals surface area contributed by atoms with E-state index in [2.05, 4.69) is 21.2 Å². The molecule has 0 unspecified atom stereocenters. The maximum atomic E-state index is 11.3. The van der Waals surface area contributed by atoms with Crippen LogP contribution in [-0.4, -0.2) is 26.5 Å². The van der Waals surface area contributed by atoms with E-state index in [1.54, 1.807) is 13.0 Å². The molecule has 1 rings (SSSR count). The van der Waals surface area contributed by atoms with Crippen molar-refractivity contribution in [3.8, 4) is 0 Å². The van der Waals surface area contributed by atoms with Gasteiger partial charge in [0.1, 0.15) is 9.84 Å². The van der Waals surface area contributed by atoms with Gasteiger partial charge in [0.05, 0.1) is 10.8 Å². The molecule has 0 heterocycles. The number of hydrogen-bond donors (Lipinski definition) is 1. The van der Waals surface area contributed by atoms with Crippen molar-refractivity contribution in [2.75, 3.05) is 23.4 Å². The summed E-state index contributed by atoms with van der Waals surface area (Å²) < 4.78 is 23.3. The van der Waals surface area contributed by atoms with Crippen LogP contribution in [0.1, 0.15) is 13.3 Å². The summed E-state index contributed by atoms with van der Waals surface area (Å²) in [6, 6.07) is 5.52. The first-order valence-electron chi connectivity index (χ1n) is 5.34. The normalized spacial score (nSPS) is 11.5. The van der Waals surface area contributed by atoms with Crippen molar-refractivity contribution in [2.45, 2.75) is 13.3 Å². The largest absolute Gasteiger partial charge is 0.385 e. The molecule has 1 N–H and O–H groups in total. The second-order valence-corrected chi connectivity index (χ2v) is 7.38. The number of benzene rings is 1. The van der Waals surface area contributed by atoms with E-state index >= 15 is 0 Å². The highest BCUT2D eigenvalue weighted by molar-refractivity contribution is 9.10. The van der Waals surface area contributed by atoms with Crippen molar-refractivity contribution >= 4 is 43.1 Å². The standard InChI is InChI=1S/C11H15BrClNO2S/c1-2-17(15,16)7-3-6-14-9-4-5-11(13)10(12)8-9/h4-5,8,14H,2-3,6-7H2,1H3. The lowest BCUT2D eigenvalue weighted by Crippen LogP contribution is -2.12. The number of sulfone groups is 1. The van der Waals surface area contributed by atoms with Crippen LogP contribution in [0, 0.1) is 0 Å². The summed E-state index contributed by atoms with van der Waals surface area (Å²) >= 11 is 9.20. The van der Waals surface area contributed by atoms with Crippen LogP contribution in [0.25, 0.3) is 0 Å². The fourth-order valence-electron chi connectivity index (χ4n) is 1.28. The SMILES string of the molecule is CCS(=O)(=O)CCCNc1ccc(Cl)c(Br)c1. The van der Waals surface area contributed by atoms with Crippen molar-refractivity contribution in [2.24, 2.45) is 0 Å². The first kappa shape index (κ1) is 14.8. The van der Waals surface area contributed by atoms with Gasteiger partial charge in [0.25, 0.3) is 0 Å². The molecule has 6 heteroatoms. The van der Waals surface area contributed by atoms with Crippen molar-refractivity contribution in [3.05, 3.63) is 27.7 Å². The van der Waals surface area contributed by atoms with E-state index < -0.39 is 9.84 Å². The lowest BCUT2D eigenvalue weighted by atomic mass is 10.3. The van der Waals surface area contributed by atoms with E-state index in [-0.39, 0.29) is 11.5 Å². The third-order valence-electron chi connectivity index (χ3n) is 2.32. The fraction of sp³-hybridized carbons (Fsp3) is 0.455.